The van der Waals surface area contributed by atoms with Crippen LogP contribution in [-0.4, -0.2) is 11.1 Å². The van der Waals surface area contributed by atoms with Crippen molar-refractivity contribution in [2.75, 3.05) is 0 Å². The molecule has 0 bridgehead atoms. The molecule has 0 aliphatic rings. The maximum Gasteiger partial charge on any atom is 0.307 e. The van der Waals surface area contributed by atoms with Gasteiger partial charge in [0.15, 0.2) is 0 Å². The molecule has 4 heteroatoms. The number of para-hydroxylation sites is 1. The molecule has 0 atom stereocenters. The normalized spacial score (nSPS) is 10.1. The van der Waals surface area contributed by atoms with Crippen molar-refractivity contribution < 1.29 is 14.6 Å². The smallest absolute Gasteiger partial charge is 0.307 e. The van der Waals surface area contributed by atoms with E-state index in [4.69, 9.17) is 9.84 Å². The third kappa shape index (κ3) is 3.32. The Morgan fingerprint density at radius 2 is 2.12 bits per heavy atom. The second kappa shape index (κ2) is 5.50. The molecule has 17 heavy (non-hydrogen) atoms. The van der Waals surface area contributed by atoms with Crippen LogP contribution in [0.5, 0.6) is 5.75 Å². The molecule has 1 aromatic carbocycles. The van der Waals surface area contributed by atoms with Crippen molar-refractivity contribution in [2.24, 2.45) is 0 Å². The summed E-state index contributed by atoms with van der Waals surface area (Å²) in [5.41, 5.74) is 1.80. The number of carboxylic acid groups (broad SMARTS) is 1. The van der Waals surface area contributed by atoms with E-state index in [1.54, 1.807) is 23.5 Å². The van der Waals surface area contributed by atoms with Gasteiger partial charge in [0.2, 0.25) is 0 Å². The molecular formula is C13H12O3S. The number of hydrogen-bond donors (Lipinski definition) is 1. The Morgan fingerprint density at radius 3 is 2.82 bits per heavy atom. The molecule has 1 aromatic heterocycles. The molecule has 0 spiro atoms. The van der Waals surface area contributed by atoms with Crippen LogP contribution in [0.25, 0.3) is 0 Å². The maximum absolute atomic E-state index is 10.7. The van der Waals surface area contributed by atoms with Crippen LogP contribution in [0.4, 0.5) is 0 Å². The molecule has 0 amide bonds. The standard InChI is InChI=1S/C13H12O3S/c14-13(15)7-11-3-1-2-4-12(11)16-8-10-5-6-17-9-10/h1-6,9H,7-8H2,(H,14,15). The molecule has 1 heterocycles. The molecule has 0 aliphatic carbocycles. The Morgan fingerprint density at radius 1 is 1.29 bits per heavy atom. The van der Waals surface area contributed by atoms with Gasteiger partial charge in [-0.1, -0.05) is 18.2 Å². The van der Waals surface area contributed by atoms with E-state index in [1.807, 2.05) is 29.0 Å². The summed E-state index contributed by atoms with van der Waals surface area (Å²) in [7, 11) is 0. The van der Waals surface area contributed by atoms with Gasteiger partial charge in [0, 0.05) is 5.56 Å². The fourth-order valence-electron chi connectivity index (χ4n) is 1.49. The first-order valence-electron chi connectivity index (χ1n) is 5.19. The van der Waals surface area contributed by atoms with Crippen molar-refractivity contribution in [3.8, 4) is 5.75 Å². The number of benzene rings is 1. The average molecular weight is 248 g/mol. The minimum absolute atomic E-state index is 0.0141. The summed E-state index contributed by atoms with van der Waals surface area (Å²) >= 11 is 1.62. The zero-order valence-corrected chi connectivity index (χ0v) is 9.94. The first-order chi connectivity index (χ1) is 8.25. The van der Waals surface area contributed by atoms with E-state index in [-0.39, 0.29) is 6.42 Å². The Balaban J connectivity index is 2.06. The van der Waals surface area contributed by atoms with Crippen LogP contribution in [0.1, 0.15) is 11.1 Å². The Bertz CT molecular complexity index is 491. The largest absolute Gasteiger partial charge is 0.489 e. The summed E-state index contributed by atoms with van der Waals surface area (Å²) in [6, 6.07) is 9.22. The highest BCUT2D eigenvalue weighted by Gasteiger charge is 2.07. The zero-order valence-electron chi connectivity index (χ0n) is 9.13. The first-order valence-corrected chi connectivity index (χ1v) is 6.13. The molecule has 88 valence electrons. The molecular weight excluding hydrogens is 236 g/mol. The van der Waals surface area contributed by atoms with Crippen LogP contribution >= 0.6 is 11.3 Å². The molecule has 0 radical (unpaired) electrons. The van der Waals surface area contributed by atoms with Gasteiger partial charge in [0.05, 0.1) is 6.42 Å². The third-order valence-electron chi connectivity index (χ3n) is 2.29. The van der Waals surface area contributed by atoms with Crippen LogP contribution in [0, 0.1) is 0 Å². The van der Waals surface area contributed by atoms with Crippen molar-refractivity contribution in [2.45, 2.75) is 13.0 Å². The summed E-state index contributed by atoms with van der Waals surface area (Å²) in [5.74, 6) is -0.210. The minimum atomic E-state index is -0.850. The Labute approximate surface area is 103 Å². The zero-order chi connectivity index (χ0) is 12.1. The van der Waals surface area contributed by atoms with Crippen molar-refractivity contribution in [3.05, 3.63) is 52.2 Å². The van der Waals surface area contributed by atoms with Gasteiger partial charge in [-0.3, -0.25) is 4.79 Å². The summed E-state index contributed by atoms with van der Waals surface area (Å²) in [6.07, 6.45) is -0.0141. The highest BCUT2D eigenvalue weighted by Crippen LogP contribution is 2.20. The van der Waals surface area contributed by atoms with E-state index < -0.39 is 5.97 Å². The number of ether oxygens (including phenoxy) is 1. The second-order valence-electron chi connectivity index (χ2n) is 3.60. The third-order valence-corrected chi connectivity index (χ3v) is 3.02. The number of rotatable bonds is 5. The van der Waals surface area contributed by atoms with Gasteiger partial charge >= 0.3 is 5.97 Å². The van der Waals surface area contributed by atoms with Crippen molar-refractivity contribution >= 4 is 17.3 Å². The van der Waals surface area contributed by atoms with Gasteiger partial charge in [-0.05, 0) is 28.5 Å². The quantitative estimate of drug-likeness (QED) is 0.884. The van der Waals surface area contributed by atoms with E-state index >= 15 is 0 Å². The number of hydrogen-bond acceptors (Lipinski definition) is 3. The SMILES string of the molecule is O=C(O)Cc1ccccc1OCc1ccsc1. The summed E-state index contributed by atoms with van der Waals surface area (Å²) in [6.45, 7) is 0.472. The van der Waals surface area contributed by atoms with E-state index in [0.29, 0.717) is 17.9 Å². The molecule has 0 unspecified atom stereocenters. The molecule has 2 aromatic rings. The van der Waals surface area contributed by atoms with Crippen LogP contribution in [0.2, 0.25) is 0 Å². The second-order valence-corrected chi connectivity index (χ2v) is 4.38. The summed E-state index contributed by atoms with van der Waals surface area (Å²) < 4.78 is 5.63. The van der Waals surface area contributed by atoms with E-state index in [9.17, 15) is 4.79 Å². The van der Waals surface area contributed by atoms with Crippen LogP contribution in [-0.2, 0) is 17.8 Å². The molecule has 3 nitrogen and oxygen atoms in total. The van der Waals surface area contributed by atoms with Crippen LogP contribution in [0.15, 0.2) is 41.1 Å². The summed E-state index contributed by atoms with van der Waals surface area (Å²) in [5, 5.41) is 12.8. The van der Waals surface area contributed by atoms with E-state index in [2.05, 4.69) is 0 Å². The lowest BCUT2D eigenvalue weighted by Crippen LogP contribution is -2.03. The monoisotopic (exact) mass is 248 g/mol. The van der Waals surface area contributed by atoms with Gasteiger partial charge in [0.1, 0.15) is 12.4 Å². The van der Waals surface area contributed by atoms with Crippen molar-refractivity contribution in [1.82, 2.24) is 0 Å². The van der Waals surface area contributed by atoms with Gasteiger partial charge in [-0.15, -0.1) is 0 Å². The number of thiophene rings is 1. The van der Waals surface area contributed by atoms with E-state index in [0.717, 1.165) is 5.56 Å². The van der Waals surface area contributed by atoms with Crippen LogP contribution < -0.4 is 4.74 Å². The number of carbonyl (C=O) groups is 1. The summed E-state index contributed by atoms with van der Waals surface area (Å²) in [4.78, 5) is 10.7. The highest BCUT2D eigenvalue weighted by molar-refractivity contribution is 7.07. The maximum atomic E-state index is 10.7. The lowest BCUT2D eigenvalue weighted by Gasteiger charge is -2.09. The molecule has 0 saturated heterocycles. The predicted molar refractivity (Wildman–Crippen MR) is 66.4 cm³/mol. The highest BCUT2D eigenvalue weighted by atomic mass is 32.1. The number of aliphatic carboxylic acids is 1. The Hall–Kier alpha value is -1.81. The van der Waals surface area contributed by atoms with Crippen molar-refractivity contribution in [3.63, 3.8) is 0 Å². The topological polar surface area (TPSA) is 46.5 Å². The van der Waals surface area contributed by atoms with Gasteiger partial charge in [0.25, 0.3) is 0 Å². The minimum Gasteiger partial charge on any atom is -0.489 e. The molecule has 0 fully saturated rings. The fraction of sp³-hybridized carbons (Fsp3) is 0.154. The van der Waals surface area contributed by atoms with Gasteiger partial charge in [-0.2, -0.15) is 11.3 Å². The number of carboxylic acids is 1. The fourth-order valence-corrected chi connectivity index (χ4v) is 2.14. The molecule has 0 saturated carbocycles. The lowest BCUT2D eigenvalue weighted by atomic mass is 10.1. The van der Waals surface area contributed by atoms with E-state index in [1.165, 1.54) is 0 Å². The predicted octanol–water partition coefficient (Wildman–Crippen LogP) is 2.95. The molecule has 1 N–H and O–H groups in total. The van der Waals surface area contributed by atoms with Gasteiger partial charge in [-0.25, -0.2) is 0 Å². The average Bonchev–Trinajstić information content (AvgIpc) is 2.80. The molecule has 0 aliphatic heterocycles. The first kappa shape index (κ1) is 11.7. The molecule has 2 rings (SSSR count). The lowest BCUT2D eigenvalue weighted by molar-refractivity contribution is -0.136. The van der Waals surface area contributed by atoms with Crippen molar-refractivity contribution in [1.29, 1.82) is 0 Å². The Kier molecular flexibility index (Phi) is 3.77. The van der Waals surface area contributed by atoms with Gasteiger partial charge < -0.3 is 9.84 Å². The van der Waals surface area contributed by atoms with Crippen LogP contribution in [0.3, 0.4) is 0 Å².